The van der Waals surface area contributed by atoms with Crippen LogP contribution in [-0.4, -0.2) is 55.5 Å². The molecule has 3 atom stereocenters. The zero-order chi connectivity index (χ0) is 20.4. The Kier molecular flexibility index (Phi) is 9.05. The van der Waals surface area contributed by atoms with E-state index in [1.54, 1.807) is 7.05 Å². The van der Waals surface area contributed by atoms with Gasteiger partial charge in [-0.1, -0.05) is 54.3 Å². The van der Waals surface area contributed by atoms with Gasteiger partial charge in [0, 0.05) is 17.7 Å². The first-order chi connectivity index (χ1) is 13.3. The molecule has 2 aliphatic heterocycles. The van der Waals surface area contributed by atoms with Gasteiger partial charge in [0.25, 0.3) is 0 Å². The first-order valence-electron chi connectivity index (χ1n) is 8.51. The third kappa shape index (κ3) is 5.37. The molecular weight excluding hydrogens is 443 g/mol. The van der Waals surface area contributed by atoms with Gasteiger partial charge < -0.3 is 15.0 Å². The number of thiocarbonyl (C=S) groups is 1. The van der Waals surface area contributed by atoms with Gasteiger partial charge >= 0.3 is 29.6 Å². The van der Waals surface area contributed by atoms with Gasteiger partial charge in [-0.15, -0.1) is 11.8 Å². The van der Waals surface area contributed by atoms with Crippen LogP contribution in [0.4, 0.5) is 0 Å². The fraction of sp³-hybridized carbons (Fsp3) is 0.389. The minimum absolute atomic E-state index is 0. The van der Waals surface area contributed by atoms with Gasteiger partial charge in [0.05, 0.1) is 30.3 Å². The molecule has 2 heterocycles. The summed E-state index contributed by atoms with van der Waals surface area (Å²) >= 11 is 7.85. The number of aliphatic hydroxyl groups is 1. The molecule has 1 fully saturated rings. The van der Waals surface area contributed by atoms with E-state index in [0.717, 1.165) is 5.56 Å². The molecule has 0 saturated carbocycles. The number of benzene rings is 1. The van der Waals surface area contributed by atoms with E-state index in [4.69, 9.17) is 17.1 Å². The van der Waals surface area contributed by atoms with Gasteiger partial charge in [-0.05, 0) is 12.5 Å². The van der Waals surface area contributed by atoms with Crippen LogP contribution in [-0.2, 0) is 21.0 Å². The summed E-state index contributed by atoms with van der Waals surface area (Å²) in [4.78, 5) is 31.1. The molecule has 150 valence electrons. The van der Waals surface area contributed by atoms with Crippen LogP contribution in [0, 0.1) is 5.92 Å². The molecular formula is C18H19N2NaO5S3. The molecule has 1 saturated heterocycles. The Morgan fingerprint density at radius 3 is 2.69 bits per heavy atom. The molecule has 0 aliphatic carbocycles. The molecule has 0 spiro atoms. The summed E-state index contributed by atoms with van der Waals surface area (Å²) in [6.45, 7) is 1.89. The van der Waals surface area contributed by atoms with Gasteiger partial charge in [0.1, 0.15) is 5.37 Å². The second kappa shape index (κ2) is 10.6. The van der Waals surface area contributed by atoms with Crippen molar-refractivity contribution < 1.29 is 54.2 Å². The standard InChI is InChI=1S/C18H20N2O5S3.Na/c1-10(21)13-15(22)20-14(17(23)24)12(28-16(13)20)9-27-18(26)19(2)25-8-11-6-4-3-5-7-11;/h3-7,10,13,16,21H,8-9H2,1-2H3,(H,23,24);/q;+1/p-1/t10-,13+,16-;/m1./s1. The number of β-lactam (4-membered cyclic amide) rings is 1. The van der Waals surface area contributed by atoms with E-state index in [1.807, 2.05) is 30.3 Å². The largest absolute Gasteiger partial charge is 1.00 e. The monoisotopic (exact) mass is 462 g/mol. The average Bonchev–Trinajstić information content (AvgIpc) is 2.99. The summed E-state index contributed by atoms with van der Waals surface area (Å²) < 4.78 is 0.439. The number of hydrogen-bond donors (Lipinski definition) is 1. The van der Waals surface area contributed by atoms with Crippen molar-refractivity contribution in [2.24, 2.45) is 5.92 Å². The number of carbonyl (C=O) groups is 2. The van der Waals surface area contributed by atoms with E-state index >= 15 is 0 Å². The minimum atomic E-state index is -1.40. The molecule has 1 aromatic rings. The van der Waals surface area contributed by atoms with Crippen molar-refractivity contribution in [3.63, 3.8) is 0 Å². The number of amides is 1. The van der Waals surface area contributed by atoms with Crippen LogP contribution in [0.3, 0.4) is 0 Å². The molecule has 0 unspecified atom stereocenters. The van der Waals surface area contributed by atoms with Gasteiger partial charge in [0.2, 0.25) is 5.91 Å². The fourth-order valence-corrected chi connectivity index (χ4v) is 5.66. The second-order valence-corrected chi connectivity index (χ2v) is 9.17. The summed E-state index contributed by atoms with van der Waals surface area (Å²) in [5, 5.41) is 22.4. The summed E-state index contributed by atoms with van der Waals surface area (Å²) in [6, 6.07) is 9.64. The number of carboxylic acids is 1. The van der Waals surface area contributed by atoms with Gasteiger partial charge in [0.15, 0.2) is 4.32 Å². The number of aliphatic hydroxyl groups excluding tert-OH is 1. The summed E-state index contributed by atoms with van der Waals surface area (Å²) in [7, 11) is 1.69. The van der Waals surface area contributed by atoms with Gasteiger partial charge in [-0.25, -0.2) is 5.06 Å². The first kappa shape index (κ1) is 24.7. The molecule has 0 aromatic heterocycles. The Labute approximate surface area is 205 Å². The van der Waals surface area contributed by atoms with Gasteiger partial charge in [-0.3, -0.25) is 14.5 Å². The molecule has 11 heteroatoms. The minimum Gasteiger partial charge on any atom is -0.543 e. The molecule has 1 aromatic carbocycles. The van der Waals surface area contributed by atoms with E-state index < -0.39 is 29.3 Å². The predicted octanol–water partition coefficient (Wildman–Crippen LogP) is -2.05. The maximum absolute atomic E-state index is 12.2. The van der Waals surface area contributed by atoms with Crippen molar-refractivity contribution in [2.45, 2.75) is 25.0 Å². The van der Waals surface area contributed by atoms with Crippen molar-refractivity contribution in [2.75, 3.05) is 12.8 Å². The van der Waals surface area contributed by atoms with Gasteiger partial charge in [-0.2, -0.15) is 0 Å². The van der Waals surface area contributed by atoms with Crippen LogP contribution in [0.2, 0.25) is 0 Å². The van der Waals surface area contributed by atoms with Crippen molar-refractivity contribution >= 4 is 51.9 Å². The number of hydrogen-bond acceptors (Lipinski definition) is 8. The van der Waals surface area contributed by atoms with Crippen molar-refractivity contribution in [3.05, 3.63) is 46.5 Å². The fourth-order valence-electron chi connectivity index (χ4n) is 2.96. The maximum Gasteiger partial charge on any atom is 1.00 e. The molecule has 29 heavy (non-hydrogen) atoms. The predicted molar refractivity (Wildman–Crippen MR) is 109 cm³/mol. The Morgan fingerprint density at radius 2 is 2.10 bits per heavy atom. The van der Waals surface area contributed by atoms with Crippen LogP contribution < -0.4 is 34.7 Å². The van der Waals surface area contributed by atoms with Crippen molar-refractivity contribution in [1.29, 1.82) is 0 Å². The number of carboxylic acid groups (broad SMARTS) is 1. The van der Waals surface area contributed by atoms with E-state index in [2.05, 4.69) is 0 Å². The number of aliphatic carboxylic acids is 1. The Morgan fingerprint density at radius 1 is 1.45 bits per heavy atom. The van der Waals surface area contributed by atoms with Crippen LogP contribution in [0.5, 0.6) is 0 Å². The van der Waals surface area contributed by atoms with Crippen LogP contribution in [0.1, 0.15) is 12.5 Å². The molecule has 0 bridgehead atoms. The third-order valence-electron chi connectivity index (χ3n) is 4.42. The molecule has 3 rings (SSSR count). The first-order valence-corrected chi connectivity index (χ1v) is 10.8. The zero-order valence-corrected chi connectivity index (χ0v) is 20.7. The maximum atomic E-state index is 12.2. The normalized spacial score (nSPS) is 21.2. The SMILES string of the molecule is C[C@@H](O)[C@H]1C(=O)N2C(C(=O)[O-])=C(CSC(=S)N(C)OCc3ccccc3)S[C@H]12.[Na+]. The third-order valence-corrected chi connectivity index (χ3v) is 7.52. The quantitative estimate of drug-likeness (QED) is 0.213. The molecule has 7 nitrogen and oxygen atoms in total. The number of hydroxylamine groups is 2. The van der Waals surface area contributed by atoms with Crippen molar-refractivity contribution in [1.82, 2.24) is 9.96 Å². The van der Waals surface area contributed by atoms with Crippen LogP contribution in [0.15, 0.2) is 40.9 Å². The van der Waals surface area contributed by atoms with E-state index in [0.29, 0.717) is 15.8 Å². The number of fused-ring (bicyclic) bond motifs is 1. The van der Waals surface area contributed by atoms with E-state index in [-0.39, 0.29) is 41.0 Å². The Hall–Kier alpha value is -0.590. The van der Waals surface area contributed by atoms with E-state index in [1.165, 1.54) is 40.4 Å². The zero-order valence-electron chi connectivity index (χ0n) is 16.2. The Bertz CT molecular complexity index is 821. The molecule has 0 radical (unpaired) electrons. The summed E-state index contributed by atoms with van der Waals surface area (Å²) in [5.74, 6) is -2.12. The number of rotatable bonds is 7. The number of thioether (sulfide) groups is 2. The molecule has 1 N–H and O–H groups in total. The Balaban J connectivity index is 0.00000300. The smallest absolute Gasteiger partial charge is 0.543 e. The summed E-state index contributed by atoms with van der Waals surface area (Å²) in [6.07, 6.45) is -0.838. The van der Waals surface area contributed by atoms with Crippen LogP contribution >= 0.6 is 35.7 Å². The molecule has 1 amide bonds. The number of nitrogens with zero attached hydrogens (tertiary/aromatic N) is 2. The number of carbonyl (C=O) groups excluding carboxylic acids is 2. The van der Waals surface area contributed by atoms with Crippen molar-refractivity contribution in [3.8, 4) is 0 Å². The second-order valence-electron chi connectivity index (χ2n) is 6.35. The average molecular weight is 463 g/mol. The summed E-state index contributed by atoms with van der Waals surface area (Å²) in [5.41, 5.74) is 0.877. The van der Waals surface area contributed by atoms with Crippen LogP contribution in [0.25, 0.3) is 0 Å². The molecule has 2 aliphatic rings. The topological polar surface area (TPSA) is 93.1 Å². The van der Waals surface area contributed by atoms with E-state index in [9.17, 15) is 19.8 Å².